The van der Waals surface area contributed by atoms with Crippen molar-refractivity contribution in [2.45, 2.75) is 13.8 Å². The summed E-state index contributed by atoms with van der Waals surface area (Å²) < 4.78 is 51.0. The lowest BCUT2D eigenvalue weighted by Crippen LogP contribution is -2.16. The second kappa shape index (κ2) is 5.25. The van der Waals surface area contributed by atoms with Gasteiger partial charge in [0, 0.05) is 0 Å². The number of allylic oxidation sites excluding steroid dienone is 3. The van der Waals surface area contributed by atoms with E-state index in [4.69, 9.17) is 16.3 Å². The second-order valence-electron chi connectivity index (χ2n) is 4.31. The minimum Gasteiger partial charge on any atom is -0.422 e. The molecule has 0 radical (unpaired) electrons. The van der Waals surface area contributed by atoms with Crippen LogP contribution in [0.3, 0.4) is 0 Å². The van der Waals surface area contributed by atoms with Crippen molar-refractivity contribution < 1.29 is 22.6 Å². The molecule has 0 saturated heterocycles. The highest BCUT2D eigenvalue weighted by molar-refractivity contribution is 6.49. The highest BCUT2D eigenvalue weighted by atomic mass is 35.5. The lowest BCUT2D eigenvalue weighted by molar-refractivity contribution is 0.176. The molecule has 1 aromatic rings. The van der Waals surface area contributed by atoms with E-state index in [1.807, 2.05) is 0 Å². The van der Waals surface area contributed by atoms with Crippen LogP contribution < -0.4 is 9.47 Å². The van der Waals surface area contributed by atoms with Gasteiger partial charge in [-0.2, -0.15) is 8.78 Å². The van der Waals surface area contributed by atoms with E-state index in [0.717, 1.165) is 5.57 Å². The summed E-state index contributed by atoms with van der Waals surface area (Å²) in [7, 11) is 0. The lowest BCUT2D eigenvalue weighted by Gasteiger charge is -2.22. The topological polar surface area (TPSA) is 18.5 Å². The van der Waals surface area contributed by atoms with Crippen molar-refractivity contribution in [1.29, 1.82) is 0 Å². The van der Waals surface area contributed by atoms with Crippen LogP contribution in [0, 0.1) is 17.5 Å². The summed E-state index contributed by atoms with van der Waals surface area (Å²) in [4.78, 5) is 0. The Kier molecular flexibility index (Phi) is 3.81. The molecule has 1 heterocycles. The molecule has 0 saturated carbocycles. The number of benzene rings is 1. The van der Waals surface area contributed by atoms with Crippen molar-refractivity contribution in [3.05, 3.63) is 53.3 Å². The van der Waals surface area contributed by atoms with Gasteiger partial charge >= 0.3 is 0 Å². The molecule has 1 aromatic carbocycles. The smallest absolute Gasteiger partial charge is 0.282 e. The minimum atomic E-state index is -1.48. The maximum absolute atomic E-state index is 13.9. The first-order valence-electron chi connectivity index (χ1n) is 5.59. The molecule has 2 bridgehead atoms. The lowest BCUT2D eigenvalue weighted by atomic mass is 10.1. The summed E-state index contributed by atoms with van der Waals surface area (Å²) in [6.45, 7) is 6.87. The summed E-state index contributed by atoms with van der Waals surface area (Å²) in [5.41, 5.74) is 0.371. The molecule has 106 valence electrons. The van der Waals surface area contributed by atoms with E-state index in [1.165, 1.54) is 6.08 Å². The quantitative estimate of drug-likeness (QED) is 0.572. The number of fused-ring (bicyclic) bond motifs is 2. The monoisotopic (exact) mass is 302 g/mol. The van der Waals surface area contributed by atoms with Crippen molar-refractivity contribution >= 4 is 16.6 Å². The van der Waals surface area contributed by atoms with Crippen molar-refractivity contribution in [3.8, 4) is 11.5 Å². The summed E-state index contributed by atoms with van der Waals surface area (Å²) >= 11 is 5.90. The average molecular weight is 303 g/mol. The van der Waals surface area contributed by atoms with Gasteiger partial charge in [0.05, 0.1) is 10.6 Å². The van der Waals surface area contributed by atoms with Gasteiger partial charge in [0.25, 0.3) is 5.95 Å². The van der Waals surface area contributed by atoms with Gasteiger partial charge in [0.2, 0.25) is 17.4 Å². The molecule has 0 N–H and O–H groups in total. The molecule has 20 heavy (non-hydrogen) atoms. The molecule has 2 nitrogen and oxygen atoms in total. The van der Waals surface area contributed by atoms with Crippen LogP contribution in [-0.4, -0.2) is 0 Å². The van der Waals surface area contributed by atoms with E-state index >= 15 is 0 Å². The molecule has 6 heteroatoms. The molecular weight excluding hydrogens is 293 g/mol. The third kappa shape index (κ3) is 2.41. The minimum absolute atomic E-state index is 0.197. The summed E-state index contributed by atoms with van der Waals surface area (Å²) in [5, 5.41) is -0.197. The molecule has 0 aromatic heterocycles. The highest BCUT2D eigenvalue weighted by Crippen LogP contribution is 2.44. The van der Waals surface area contributed by atoms with Gasteiger partial charge in [-0.1, -0.05) is 23.3 Å². The van der Waals surface area contributed by atoms with Crippen LogP contribution in [0.5, 0.6) is 11.5 Å². The molecule has 2 rings (SSSR count). The van der Waals surface area contributed by atoms with Crippen molar-refractivity contribution in [3.63, 3.8) is 0 Å². The highest BCUT2D eigenvalue weighted by Gasteiger charge is 2.33. The summed E-state index contributed by atoms with van der Waals surface area (Å²) in [6, 6.07) is 0. The molecule has 1 aliphatic heterocycles. The molecular formula is C14H10ClF3O2. The van der Waals surface area contributed by atoms with E-state index in [1.54, 1.807) is 19.9 Å². The largest absolute Gasteiger partial charge is 0.422 e. The van der Waals surface area contributed by atoms with Crippen molar-refractivity contribution in [1.82, 2.24) is 0 Å². The first-order chi connectivity index (χ1) is 9.32. The number of hydrogen-bond acceptors (Lipinski definition) is 2. The zero-order valence-electron chi connectivity index (χ0n) is 10.7. The first-order valence-corrected chi connectivity index (χ1v) is 5.96. The number of ether oxygens (including phenoxy) is 2. The van der Waals surface area contributed by atoms with Gasteiger partial charge in [-0.25, -0.2) is 4.39 Å². The van der Waals surface area contributed by atoms with Gasteiger partial charge < -0.3 is 9.47 Å². The third-order valence-corrected chi connectivity index (χ3v) is 2.79. The fourth-order valence-corrected chi connectivity index (χ4v) is 1.82. The Morgan fingerprint density at radius 1 is 1.00 bits per heavy atom. The SMILES string of the molecule is C=C1Oc2c(F)c(F)c(/C(Cl)=C/C=C(C)C)c(c2F)O1. The van der Waals surface area contributed by atoms with Crippen molar-refractivity contribution in [2.24, 2.45) is 0 Å². The summed E-state index contributed by atoms with van der Waals surface area (Å²) in [5.74, 6) is -5.76. The third-order valence-electron chi connectivity index (χ3n) is 2.47. The average Bonchev–Trinajstić information content (AvgIpc) is 2.37. The Morgan fingerprint density at radius 3 is 2.20 bits per heavy atom. The Bertz CT molecular complexity index is 652. The van der Waals surface area contributed by atoms with Gasteiger partial charge in [0.15, 0.2) is 11.6 Å². The van der Waals surface area contributed by atoms with E-state index in [-0.39, 0.29) is 11.0 Å². The van der Waals surface area contributed by atoms with Crippen LogP contribution in [0.15, 0.2) is 30.2 Å². The maximum Gasteiger partial charge on any atom is 0.282 e. The Morgan fingerprint density at radius 2 is 1.60 bits per heavy atom. The molecule has 0 atom stereocenters. The zero-order chi connectivity index (χ0) is 15.0. The second-order valence-corrected chi connectivity index (χ2v) is 4.72. The maximum atomic E-state index is 13.9. The molecule has 1 aliphatic rings. The van der Waals surface area contributed by atoms with Crippen LogP contribution in [0.25, 0.3) is 5.03 Å². The van der Waals surface area contributed by atoms with E-state index in [0.29, 0.717) is 0 Å². The van der Waals surface area contributed by atoms with Crippen molar-refractivity contribution in [2.75, 3.05) is 0 Å². The molecule has 0 unspecified atom stereocenters. The fourth-order valence-electron chi connectivity index (χ4n) is 1.59. The van der Waals surface area contributed by atoms with Gasteiger partial charge in [-0.15, -0.1) is 0 Å². The number of rotatable bonds is 2. The van der Waals surface area contributed by atoms with E-state index in [2.05, 4.69) is 11.3 Å². The van der Waals surface area contributed by atoms with Crippen LogP contribution in [0.1, 0.15) is 19.4 Å². The van der Waals surface area contributed by atoms with Gasteiger partial charge in [-0.05, 0) is 26.5 Å². The number of hydrogen-bond donors (Lipinski definition) is 0. The van der Waals surface area contributed by atoms with Crippen LogP contribution >= 0.6 is 11.6 Å². The predicted octanol–water partition coefficient (Wildman–Crippen LogP) is 4.89. The number of halogens is 4. The van der Waals surface area contributed by atoms with Gasteiger partial charge in [0.1, 0.15) is 0 Å². The van der Waals surface area contributed by atoms with E-state index in [9.17, 15) is 13.2 Å². The summed E-state index contributed by atoms with van der Waals surface area (Å²) in [6.07, 6.45) is 2.90. The Hall–Kier alpha value is -1.88. The van der Waals surface area contributed by atoms with Crippen LogP contribution in [0.2, 0.25) is 0 Å². The van der Waals surface area contributed by atoms with Crippen LogP contribution in [-0.2, 0) is 0 Å². The Balaban J connectivity index is 2.70. The molecule has 0 aliphatic carbocycles. The van der Waals surface area contributed by atoms with Crippen LogP contribution in [0.4, 0.5) is 13.2 Å². The molecule has 0 amide bonds. The molecule has 0 spiro atoms. The zero-order valence-corrected chi connectivity index (χ0v) is 11.4. The first kappa shape index (κ1) is 14.5. The molecule has 0 fully saturated rings. The van der Waals surface area contributed by atoms with Gasteiger partial charge in [-0.3, -0.25) is 0 Å². The standard InChI is InChI=1S/C14H10ClF3O2/c1-6(2)4-5-8(15)9-10(16)11(17)14-12(18)13(9)19-7(3)20-14/h4-5H,3H2,1-2H3/b8-5-. The Labute approximate surface area is 118 Å². The predicted molar refractivity (Wildman–Crippen MR) is 70.0 cm³/mol. The van der Waals surface area contributed by atoms with E-state index < -0.39 is 34.5 Å². The fraction of sp³-hybridized carbons (Fsp3) is 0.143. The normalized spacial score (nSPS) is 13.7.